The highest BCUT2D eigenvalue weighted by Crippen LogP contribution is 2.27. The highest BCUT2D eigenvalue weighted by atomic mass is 32.2. The monoisotopic (exact) mass is 408 g/mol. The number of methoxy groups -OCH3 is 1. The van der Waals surface area contributed by atoms with E-state index in [-0.39, 0.29) is 0 Å². The van der Waals surface area contributed by atoms with Crippen LogP contribution in [0.3, 0.4) is 0 Å². The van der Waals surface area contributed by atoms with Gasteiger partial charge in [-0.15, -0.1) is 5.10 Å². The number of benzene rings is 2. The SMILES string of the molecule is COc1ccc(C)cc1-n1nnnc1SCCCc1nc(-c2ccccc2)no1. The van der Waals surface area contributed by atoms with Gasteiger partial charge < -0.3 is 9.26 Å². The topological polar surface area (TPSA) is 91.8 Å². The average Bonchev–Trinajstić information content (AvgIpc) is 3.41. The first-order chi connectivity index (χ1) is 14.2. The van der Waals surface area contributed by atoms with Crippen LogP contribution >= 0.6 is 11.8 Å². The normalized spacial score (nSPS) is 11.0. The van der Waals surface area contributed by atoms with Gasteiger partial charge in [0.1, 0.15) is 11.4 Å². The maximum absolute atomic E-state index is 5.45. The van der Waals surface area contributed by atoms with Crippen LogP contribution in [0.5, 0.6) is 5.75 Å². The van der Waals surface area contributed by atoms with Crippen molar-refractivity contribution in [3.8, 4) is 22.8 Å². The fourth-order valence-electron chi connectivity index (χ4n) is 2.83. The lowest BCUT2D eigenvalue weighted by molar-refractivity contribution is 0.378. The number of ether oxygens (including phenoxy) is 1. The minimum atomic E-state index is 0.615. The lowest BCUT2D eigenvalue weighted by atomic mass is 10.2. The first-order valence-electron chi connectivity index (χ1n) is 9.19. The summed E-state index contributed by atoms with van der Waals surface area (Å²) in [6.45, 7) is 2.02. The van der Waals surface area contributed by atoms with Crippen molar-refractivity contribution in [3.05, 3.63) is 60.0 Å². The van der Waals surface area contributed by atoms with Crippen molar-refractivity contribution in [1.29, 1.82) is 0 Å². The number of aromatic nitrogens is 6. The average molecular weight is 408 g/mol. The van der Waals surface area contributed by atoms with Crippen LogP contribution in [0, 0.1) is 6.92 Å². The molecule has 0 radical (unpaired) electrons. The largest absolute Gasteiger partial charge is 0.494 e. The molecule has 0 fully saturated rings. The van der Waals surface area contributed by atoms with Crippen LogP contribution in [0.1, 0.15) is 17.9 Å². The molecule has 0 bridgehead atoms. The van der Waals surface area contributed by atoms with Crippen molar-refractivity contribution in [2.75, 3.05) is 12.9 Å². The molecule has 4 rings (SSSR count). The van der Waals surface area contributed by atoms with Crippen molar-refractivity contribution in [3.63, 3.8) is 0 Å². The first-order valence-corrected chi connectivity index (χ1v) is 10.2. The van der Waals surface area contributed by atoms with E-state index in [0.29, 0.717) is 23.3 Å². The summed E-state index contributed by atoms with van der Waals surface area (Å²) >= 11 is 1.58. The molecule has 0 aliphatic rings. The molecule has 8 nitrogen and oxygen atoms in total. The molecular weight excluding hydrogens is 388 g/mol. The summed E-state index contributed by atoms with van der Waals surface area (Å²) in [5.74, 6) is 2.79. The minimum Gasteiger partial charge on any atom is -0.494 e. The van der Waals surface area contributed by atoms with Gasteiger partial charge in [0.2, 0.25) is 16.9 Å². The highest BCUT2D eigenvalue weighted by molar-refractivity contribution is 7.99. The summed E-state index contributed by atoms with van der Waals surface area (Å²) in [7, 11) is 1.64. The van der Waals surface area contributed by atoms with Gasteiger partial charge in [-0.05, 0) is 41.5 Å². The Morgan fingerprint density at radius 3 is 2.83 bits per heavy atom. The van der Waals surface area contributed by atoms with Crippen LogP contribution < -0.4 is 4.74 Å². The van der Waals surface area contributed by atoms with Crippen molar-refractivity contribution >= 4 is 11.8 Å². The zero-order chi connectivity index (χ0) is 20.1. The fraction of sp³-hybridized carbons (Fsp3) is 0.250. The molecule has 9 heteroatoms. The Kier molecular flexibility index (Phi) is 5.85. The lowest BCUT2D eigenvalue weighted by Gasteiger charge is -2.10. The van der Waals surface area contributed by atoms with Gasteiger partial charge >= 0.3 is 0 Å². The second-order valence-corrected chi connectivity index (χ2v) is 7.44. The molecule has 29 heavy (non-hydrogen) atoms. The van der Waals surface area contributed by atoms with E-state index in [1.807, 2.05) is 55.5 Å². The van der Waals surface area contributed by atoms with Gasteiger partial charge in [-0.1, -0.05) is 53.3 Å². The van der Waals surface area contributed by atoms with Crippen molar-refractivity contribution in [1.82, 2.24) is 30.3 Å². The summed E-state index contributed by atoms with van der Waals surface area (Å²) in [6.07, 6.45) is 1.56. The predicted octanol–water partition coefficient (Wildman–Crippen LogP) is 3.75. The van der Waals surface area contributed by atoms with Crippen LogP contribution in [-0.4, -0.2) is 43.2 Å². The molecule has 0 saturated carbocycles. The molecule has 0 saturated heterocycles. The Bertz CT molecular complexity index is 1080. The lowest BCUT2D eigenvalue weighted by Crippen LogP contribution is -2.03. The quantitative estimate of drug-likeness (QED) is 0.321. The van der Waals surface area contributed by atoms with Gasteiger partial charge in [0, 0.05) is 17.7 Å². The van der Waals surface area contributed by atoms with E-state index >= 15 is 0 Å². The molecule has 2 aromatic heterocycles. The number of rotatable bonds is 8. The summed E-state index contributed by atoms with van der Waals surface area (Å²) in [5.41, 5.74) is 2.88. The minimum absolute atomic E-state index is 0.615. The van der Waals surface area contributed by atoms with Crippen LogP contribution in [0.2, 0.25) is 0 Å². The van der Waals surface area contributed by atoms with E-state index in [0.717, 1.165) is 34.7 Å². The molecule has 0 aliphatic carbocycles. The van der Waals surface area contributed by atoms with Crippen molar-refractivity contribution in [2.24, 2.45) is 0 Å². The molecule has 2 heterocycles. The van der Waals surface area contributed by atoms with Crippen LogP contribution in [0.4, 0.5) is 0 Å². The Morgan fingerprint density at radius 2 is 2.00 bits per heavy atom. The summed E-state index contributed by atoms with van der Waals surface area (Å²) in [6, 6.07) is 15.7. The Labute approximate surface area is 172 Å². The first kappa shape index (κ1) is 19.1. The predicted molar refractivity (Wildman–Crippen MR) is 109 cm³/mol. The van der Waals surface area contributed by atoms with Gasteiger partial charge in [0.05, 0.1) is 7.11 Å². The number of tetrazole rings is 1. The molecule has 0 atom stereocenters. The van der Waals surface area contributed by atoms with Gasteiger partial charge in [0.25, 0.3) is 0 Å². The third-order valence-electron chi connectivity index (χ3n) is 4.27. The second kappa shape index (κ2) is 8.87. The van der Waals surface area contributed by atoms with E-state index in [9.17, 15) is 0 Å². The van der Waals surface area contributed by atoms with Crippen LogP contribution in [-0.2, 0) is 6.42 Å². The third-order valence-corrected chi connectivity index (χ3v) is 5.28. The molecule has 0 amide bonds. The zero-order valence-corrected chi connectivity index (χ0v) is 17.0. The fourth-order valence-corrected chi connectivity index (χ4v) is 3.66. The maximum Gasteiger partial charge on any atom is 0.226 e. The van der Waals surface area contributed by atoms with Crippen LogP contribution in [0.25, 0.3) is 17.1 Å². The third kappa shape index (κ3) is 4.45. The van der Waals surface area contributed by atoms with E-state index in [2.05, 4.69) is 25.7 Å². The smallest absolute Gasteiger partial charge is 0.226 e. The molecule has 4 aromatic rings. The van der Waals surface area contributed by atoms with Crippen molar-refractivity contribution < 1.29 is 9.26 Å². The Hall–Kier alpha value is -3.20. The number of hydrogen-bond donors (Lipinski definition) is 0. The second-order valence-electron chi connectivity index (χ2n) is 6.38. The van der Waals surface area contributed by atoms with Gasteiger partial charge in [-0.25, -0.2) is 0 Å². The molecule has 0 N–H and O–H groups in total. The van der Waals surface area contributed by atoms with E-state index < -0.39 is 0 Å². The van der Waals surface area contributed by atoms with Crippen molar-refractivity contribution in [2.45, 2.75) is 24.9 Å². The standard InChI is InChI=1S/C20H20N6O2S/c1-14-10-11-17(27-2)16(13-14)26-20(22-24-25-26)29-12-6-9-18-21-19(23-28-18)15-7-4-3-5-8-15/h3-5,7-8,10-11,13H,6,9,12H2,1-2H3. The maximum atomic E-state index is 5.45. The number of aryl methyl sites for hydroxylation is 2. The highest BCUT2D eigenvalue weighted by Gasteiger charge is 2.14. The summed E-state index contributed by atoms with van der Waals surface area (Å²) in [5, 5.41) is 16.9. The molecule has 0 unspecified atom stereocenters. The van der Waals surface area contributed by atoms with Gasteiger partial charge in [-0.3, -0.25) is 0 Å². The van der Waals surface area contributed by atoms with Gasteiger partial charge in [0.15, 0.2) is 0 Å². The molecule has 0 spiro atoms. The Morgan fingerprint density at radius 1 is 1.14 bits per heavy atom. The zero-order valence-electron chi connectivity index (χ0n) is 16.1. The number of hydrogen-bond acceptors (Lipinski definition) is 8. The molecule has 2 aromatic carbocycles. The molecular formula is C20H20N6O2S. The van der Waals surface area contributed by atoms with E-state index in [4.69, 9.17) is 9.26 Å². The molecule has 148 valence electrons. The number of nitrogens with zero attached hydrogens (tertiary/aromatic N) is 6. The van der Waals surface area contributed by atoms with Crippen LogP contribution in [0.15, 0.2) is 58.2 Å². The summed E-state index contributed by atoms with van der Waals surface area (Å²) in [4.78, 5) is 4.46. The van der Waals surface area contributed by atoms with E-state index in [1.165, 1.54) is 0 Å². The van der Waals surface area contributed by atoms with E-state index in [1.54, 1.807) is 23.6 Å². The Balaban J connectivity index is 1.37. The van der Waals surface area contributed by atoms with Gasteiger partial charge in [-0.2, -0.15) is 9.67 Å². The number of thioether (sulfide) groups is 1. The summed E-state index contributed by atoms with van der Waals surface area (Å²) < 4.78 is 12.5. The molecule has 0 aliphatic heterocycles.